The first-order valence-electron chi connectivity index (χ1n) is 5.61. The highest BCUT2D eigenvalue weighted by Crippen LogP contribution is 2.26. The van der Waals surface area contributed by atoms with Crippen LogP contribution in [0.15, 0.2) is 30.3 Å². The number of methoxy groups -OCH3 is 1. The van der Waals surface area contributed by atoms with Crippen molar-refractivity contribution < 1.29 is 19.0 Å². The highest BCUT2D eigenvalue weighted by molar-refractivity contribution is 5.87. The number of nitrogens with two attached hydrogens (primary N) is 1. The molecule has 0 saturated carbocycles. The molecule has 0 unspecified atom stereocenters. The summed E-state index contributed by atoms with van der Waals surface area (Å²) in [6, 6.07) is 6.76. The first-order valence-corrected chi connectivity index (χ1v) is 5.61. The Balaban J connectivity index is 2.38. The number of carboxylic acid groups (broad SMARTS) is 1. The lowest BCUT2D eigenvalue weighted by Crippen LogP contribution is -2.06. The normalized spacial score (nSPS) is 10.1. The van der Waals surface area contributed by atoms with Crippen LogP contribution in [0.5, 0.6) is 5.75 Å². The minimum atomic E-state index is -1.20. The number of rotatable bonds is 4. The first-order chi connectivity index (χ1) is 9.51. The summed E-state index contributed by atoms with van der Waals surface area (Å²) < 4.78 is 18.7. The van der Waals surface area contributed by atoms with E-state index in [4.69, 9.17) is 15.6 Å². The lowest BCUT2D eigenvalue weighted by atomic mass is 10.2. The van der Waals surface area contributed by atoms with Gasteiger partial charge in [0.25, 0.3) is 0 Å². The lowest BCUT2D eigenvalue weighted by Gasteiger charge is -2.11. The van der Waals surface area contributed by atoms with Gasteiger partial charge in [0, 0.05) is 6.07 Å². The van der Waals surface area contributed by atoms with Gasteiger partial charge in [-0.2, -0.15) is 0 Å². The summed E-state index contributed by atoms with van der Waals surface area (Å²) in [5.41, 5.74) is 5.79. The predicted molar refractivity (Wildman–Crippen MR) is 71.8 cm³/mol. The highest BCUT2D eigenvalue weighted by Gasteiger charge is 2.11. The molecule has 0 aliphatic carbocycles. The van der Waals surface area contributed by atoms with Crippen LogP contribution in [0, 0.1) is 5.82 Å². The van der Waals surface area contributed by atoms with Crippen molar-refractivity contribution >= 4 is 23.2 Å². The van der Waals surface area contributed by atoms with Crippen LogP contribution in [0.25, 0.3) is 0 Å². The van der Waals surface area contributed by atoms with Gasteiger partial charge in [0.15, 0.2) is 11.5 Å². The maximum absolute atomic E-state index is 13.7. The summed E-state index contributed by atoms with van der Waals surface area (Å²) in [4.78, 5) is 14.7. The van der Waals surface area contributed by atoms with Gasteiger partial charge in [-0.25, -0.2) is 14.2 Å². The molecule has 0 amide bonds. The van der Waals surface area contributed by atoms with Crippen LogP contribution in [0.1, 0.15) is 10.5 Å². The summed E-state index contributed by atoms with van der Waals surface area (Å²) in [5, 5.41) is 11.5. The van der Waals surface area contributed by atoms with Crippen molar-refractivity contribution in [1.82, 2.24) is 4.98 Å². The van der Waals surface area contributed by atoms with Crippen molar-refractivity contribution in [3.63, 3.8) is 0 Å². The molecule has 2 aromatic rings. The summed E-state index contributed by atoms with van der Waals surface area (Å²) in [6.45, 7) is 0. The molecule has 7 heteroatoms. The molecule has 104 valence electrons. The van der Waals surface area contributed by atoms with Gasteiger partial charge >= 0.3 is 5.97 Å². The second-order valence-electron chi connectivity index (χ2n) is 3.91. The van der Waals surface area contributed by atoms with E-state index in [1.165, 1.54) is 37.4 Å². The smallest absolute Gasteiger partial charge is 0.354 e. The number of halogens is 1. The number of carboxylic acids is 1. The molecule has 0 fully saturated rings. The van der Waals surface area contributed by atoms with Crippen molar-refractivity contribution in [1.29, 1.82) is 0 Å². The number of ether oxygens (including phenoxy) is 1. The minimum Gasteiger partial charge on any atom is -0.497 e. The zero-order chi connectivity index (χ0) is 14.7. The largest absolute Gasteiger partial charge is 0.497 e. The molecular formula is C13H12FN3O3. The zero-order valence-electron chi connectivity index (χ0n) is 10.6. The number of anilines is 3. The Morgan fingerprint density at radius 1 is 1.40 bits per heavy atom. The fraction of sp³-hybridized carbons (Fsp3) is 0.0769. The number of carbonyl (C=O) groups is 1. The molecule has 4 N–H and O–H groups in total. The average molecular weight is 277 g/mol. The molecule has 0 radical (unpaired) electrons. The standard InChI is InChI=1S/C13H12FN3O3/c1-20-7-2-3-8(14)11(6-7)17-12-9(15)4-5-10(16-12)13(18)19/h2-6H,15H2,1H3,(H,16,17)(H,18,19). The van der Waals surface area contributed by atoms with Crippen LogP contribution in [0.2, 0.25) is 0 Å². The number of nitrogen functional groups attached to an aromatic ring is 1. The van der Waals surface area contributed by atoms with Gasteiger partial charge in [-0.15, -0.1) is 0 Å². The molecule has 6 nitrogen and oxygen atoms in total. The molecule has 0 aliphatic heterocycles. The Kier molecular flexibility index (Phi) is 3.69. The fourth-order valence-electron chi connectivity index (χ4n) is 1.54. The number of benzene rings is 1. The molecule has 2 rings (SSSR count). The van der Waals surface area contributed by atoms with Gasteiger partial charge in [-0.1, -0.05) is 0 Å². The average Bonchev–Trinajstić information content (AvgIpc) is 2.43. The number of nitrogens with one attached hydrogen (secondary N) is 1. The maximum atomic E-state index is 13.7. The summed E-state index contributed by atoms with van der Waals surface area (Å²) in [6.07, 6.45) is 0. The quantitative estimate of drug-likeness (QED) is 0.793. The van der Waals surface area contributed by atoms with E-state index in [0.29, 0.717) is 5.75 Å². The molecule has 0 atom stereocenters. The van der Waals surface area contributed by atoms with Crippen molar-refractivity contribution in [3.8, 4) is 5.75 Å². The maximum Gasteiger partial charge on any atom is 0.354 e. The van der Waals surface area contributed by atoms with Crippen molar-refractivity contribution in [2.45, 2.75) is 0 Å². The van der Waals surface area contributed by atoms with E-state index in [2.05, 4.69) is 10.3 Å². The third-order valence-electron chi connectivity index (χ3n) is 2.57. The topological polar surface area (TPSA) is 97.5 Å². The number of hydrogen-bond donors (Lipinski definition) is 3. The van der Waals surface area contributed by atoms with Crippen molar-refractivity contribution in [3.05, 3.63) is 41.8 Å². The van der Waals surface area contributed by atoms with Crippen LogP contribution in [-0.4, -0.2) is 23.2 Å². The SMILES string of the molecule is COc1ccc(F)c(Nc2nc(C(=O)O)ccc2N)c1. The van der Waals surface area contributed by atoms with Crippen molar-refractivity contribution in [2.75, 3.05) is 18.2 Å². The van der Waals surface area contributed by atoms with E-state index in [9.17, 15) is 9.18 Å². The Bertz CT molecular complexity index is 661. The van der Waals surface area contributed by atoms with E-state index < -0.39 is 11.8 Å². The van der Waals surface area contributed by atoms with Gasteiger partial charge in [-0.3, -0.25) is 0 Å². The van der Waals surface area contributed by atoms with Crippen LogP contribution in [-0.2, 0) is 0 Å². The van der Waals surface area contributed by atoms with Crippen LogP contribution in [0.4, 0.5) is 21.6 Å². The van der Waals surface area contributed by atoms with Gasteiger partial charge in [0.1, 0.15) is 11.6 Å². The van der Waals surface area contributed by atoms with Gasteiger partial charge in [0.2, 0.25) is 0 Å². The second kappa shape index (κ2) is 5.43. The Morgan fingerprint density at radius 3 is 2.80 bits per heavy atom. The number of aromatic nitrogens is 1. The highest BCUT2D eigenvalue weighted by atomic mass is 19.1. The third kappa shape index (κ3) is 2.77. The Morgan fingerprint density at radius 2 is 2.15 bits per heavy atom. The van der Waals surface area contributed by atoms with Crippen LogP contribution >= 0.6 is 0 Å². The molecule has 0 aliphatic rings. The monoisotopic (exact) mass is 277 g/mol. The number of pyridine rings is 1. The van der Waals surface area contributed by atoms with E-state index >= 15 is 0 Å². The van der Waals surface area contributed by atoms with Gasteiger partial charge in [0.05, 0.1) is 18.5 Å². The molecule has 1 aromatic heterocycles. The lowest BCUT2D eigenvalue weighted by molar-refractivity contribution is 0.0690. The molecule has 0 bridgehead atoms. The number of nitrogens with zero attached hydrogens (tertiary/aromatic N) is 1. The van der Waals surface area contributed by atoms with E-state index in [0.717, 1.165) is 0 Å². The van der Waals surface area contributed by atoms with Crippen molar-refractivity contribution in [2.24, 2.45) is 0 Å². The molecular weight excluding hydrogens is 265 g/mol. The fourth-order valence-corrected chi connectivity index (χ4v) is 1.54. The molecule has 1 aromatic carbocycles. The van der Waals surface area contributed by atoms with Gasteiger partial charge < -0.3 is 20.9 Å². The van der Waals surface area contributed by atoms with Crippen LogP contribution < -0.4 is 15.8 Å². The minimum absolute atomic E-state index is 0.0667. The summed E-state index contributed by atoms with van der Waals surface area (Å²) in [5.74, 6) is -1.22. The summed E-state index contributed by atoms with van der Waals surface area (Å²) >= 11 is 0. The molecule has 20 heavy (non-hydrogen) atoms. The number of aromatic carboxylic acids is 1. The predicted octanol–water partition coefficient (Wildman–Crippen LogP) is 2.25. The Labute approximate surface area is 114 Å². The molecule has 0 saturated heterocycles. The van der Waals surface area contributed by atoms with E-state index in [1.807, 2.05) is 0 Å². The second-order valence-corrected chi connectivity index (χ2v) is 3.91. The van der Waals surface area contributed by atoms with Crippen LogP contribution in [0.3, 0.4) is 0 Å². The van der Waals surface area contributed by atoms with E-state index in [1.54, 1.807) is 0 Å². The molecule has 1 heterocycles. The zero-order valence-corrected chi connectivity index (χ0v) is 10.6. The number of hydrogen-bond acceptors (Lipinski definition) is 5. The molecule has 0 spiro atoms. The van der Waals surface area contributed by atoms with E-state index in [-0.39, 0.29) is 22.9 Å². The summed E-state index contributed by atoms with van der Waals surface area (Å²) in [7, 11) is 1.45. The first kappa shape index (κ1) is 13.6. The third-order valence-corrected chi connectivity index (χ3v) is 2.57. The van der Waals surface area contributed by atoms with Gasteiger partial charge in [-0.05, 0) is 24.3 Å². The Hall–Kier alpha value is -2.83.